The molecule has 1 aliphatic rings. The summed E-state index contributed by atoms with van der Waals surface area (Å²) in [5, 5.41) is 0. The highest BCUT2D eigenvalue weighted by atomic mass is 16.5. The Morgan fingerprint density at radius 1 is 1.03 bits per heavy atom. The molecule has 4 rings (SSSR count). The largest absolute Gasteiger partial charge is 0.361 e. The van der Waals surface area contributed by atoms with Crippen molar-refractivity contribution >= 4 is 11.8 Å². The second kappa shape index (κ2) is 9.32. The van der Waals surface area contributed by atoms with Crippen molar-refractivity contribution in [3.63, 3.8) is 0 Å². The molecular weight excluding hydrogens is 402 g/mol. The number of hydrogen-bond donors (Lipinski definition) is 0. The summed E-state index contributed by atoms with van der Waals surface area (Å²) in [6.07, 6.45) is 3.90. The summed E-state index contributed by atoms with van der Waals surface area (Å²) in [4.78, 5) is 34.1. The molecule has 1 aromatic heterocycles. The molecule has 1 fully saturated rings. The maximum Gasteiger partial charge on any atom is 0.256 e. The van der Waals surface area contributed by atoms with Gasteiger partial charge in [-0.3, -0.25) is 14.6 Å². The molecule has 0 N–H and O–H groups in total. The zero-order valence-electron chi connectivity index (χ0n) is 18.4. The van der Waals surface area contributed by atoms with E-state index in [0.29, 0.717) is 25.1 Å². The number of carbonyl (C=O) groups is 2. The number of morpholine rings is 1. The van der Waals surface area contributed by atoms with Gasteiger partial charge in [-0.25, -0.2) is 0 Å². The number of likely N-dealkylation sites (N-methyl/N-ethyl adjacent to an activating group) is 1. The Labute approximate surface area is 188 Å². The Bertz CT molecular complexity index is 1090. The number of hydrogen-bond acceptors (Lipinski definition) is 4. The minimum absolute atomic E-state index is 0.0922. The molecule has 1 unspecified atom stereocenters. The number of ether oxygens (including phenoxy) is 1. The second-order valence-electron chi connectivity index (χ2n) is 8.21. The van der Waals surface area contributed by atoms with Gasteiger partial charge in [-0.1, -0.05) is 48.5 Å². The summed E-state index contributed by atoms with van der Waals surface area (Å²) in [5.74, 6) is -0.241. The van der Waals surface area contributed by atoms with Crippen LogP contribution in [0.1, 0.15) is 15.9 Å². The second-order valence-corrected chi connectivity index (χ2v) is 8.21. The van der Waals surface area contributed by atoms with Gasteiger partial charge in [0, 0.05) is 50.6 Å². The van der Waals surface area contributed by atoms with E-state index in [4.69, 9.17) is 4.74 Å². The summed E-state index contributed by atoms with van der Waals surface area (Å²) >= 11 is 0. The molecule has 164 valence electrons. The quantitative estimate of drug-likeness (QED) is 0.624. The van der Waals surface area contributed by atoms with E-state index in [1.54, 1.807) is 42.2 Å². The highest BCUT2D eigenvalue weighted by Crippen LogP contribution is 2.31. The van der Waals surface area contributed by atoms with Gasteiger partial charge in [-0.2, -0.15) is 0 Å². The van der Waals surface area contributed by atoms with Crippen molar-refractivity contribution in [3.8, 4) is 11.1 Å². The number of nitrogens with zero attached hydrogens (tertiary/aromatic N) is 3. The van der Waals surface area contributed by atoms with Crippen molar-refractivity contribution in [1.82, 2.24) is 14.8 Å². The third kappa shape index (κ3) is 4.41. The van der Waals surface area contributed by atoms with Crippen LogP contribution in [0.15, 0.2) is 79.1 Å². The molecule has 0 radical (unpaired) electrons. The number of rotatable bonds is 5. The van der Waals surface area contributed by atoms with E-state index in [1.165, 1.54) is 0 Å². The molecule has 2 aromatic carbocycles. The summed E-state index contributed by atoms with van der Waals surface area (Å²) in [5.41, 5.74) is 2.40. The van der Waals surface area contributed by atoms with E-state index in [2.05, 4.69) is 4.98 Å². The predicted octanol–water partition coefficient (Wildman–Crippen LogP) is 3.29. The van der Waals surface area contributed by atoms with E-state index in [9.17, 15) is 9.59 Å². The molecule has 6 nitrogen and oxygen atoms in total. The summed E-state index contributed by atoms with van der Waals surface area (Å²) in [6.45, 7) is 0.937. The van der Waals surface area contributed by atoms with Crippen LogP contribution >= 0.6 is 0 Å². The Kier molecular flexibility index (Phi) is 6.32. The van der Waals surface area contributed by atoms with Gasteiger partial charge in [0.2, 0.25) is 0 Å². The SMILES string of the molecule is CN(C)C(=O)C1(Cc2ccccc2-c2cccnc2)CN(C(=O)c2ccccc2)CCO1. The average Bonchev–Trinajstić information content (AvgIpc) is 2.84. The number of aromatic nitrogens is 1. The lowest BCUT2D eigenvalue weighted by molar-refractivity contribution is -0.165. The van der Waals surface area contributed by atoms with Crippen molar-refractivity contribution in [1.29, 1.82) is 0 Å². The molecule has 3 aromatic rings. The molecule has 1 atom stereocenters. The highest BCUT2D eigenvalue weighted by Gasteiger charge is 2.46. The van der Waals surface area contributed by atoms with Crippen molar-refractivity contribution < 1.29 is 14.3 Å². The molecule has 2 heterocycles. The lowest BCUT2D eigenvalue weighted by Gasteiger charge is -2.43. The third-order valence-corrected chi connectivity index (χ3v) is 5.76. The molecule has 1 aliphatic heterocycles. The summed E-state index contributed by atoms with van der Waals surface area (Å²) in [7, 11) is 3.44. The standard InChI is InChI=1S/C26H27N3O3/c1-28(2)25(31)26(17-21-11-6-7-13-23(21)22-12-8-14-27-18-22)19-29(15-16-32-26)24(30)20-9-4-3-5-10-20/h3-14,18H,15-17,19H2,1-2H3. The van der Waals surface area contributed by atoms with Gasteiger partial charge in [0.1, 0.15) is 0 Å². The zero-order chi connectivity index (χ0) is 22.6. The van der Waals surface area contributed by atoms with Gasteiger partial charge < -0.3 is 14.5 Å². The van der Waals surface area contributed by atoms with Gasteiger partial charge >= 0.3 is 0 Å². The van der Waals surface area contributed by atoms with Crippen molar-refractivity contribution in [2.75, 3.05) is 33.8 Å². The number of pyridine rings is 1. The van der Waals surface area contributed by atoms with E-state index in [1.807, 2.05) is 60.8 Å². The van der Waals surface area contributed by atoms with Crippen LogP contribution in [0.2, 0.25) is 0 Å². The van der Waals surface area contributed by atoms with Gasteiger partial charge in [0.05, 0.1) is 13.2 Å². The summed E-state index contributed by atoms with van der Waals surface area (Å²) in [6, 6.07) is 21.0. The van der Waals surface area contributed by atoms with Crippen LogP contribution in [0.25, 0.3) is 11.1 Å². The lowest BCUT2D eigenvalue weighted by atomic mass is 9.87. The Morgan fingerprint density at radius 2 is 1.78 bits per heavy atom. The molecule has 1 saturated heterocycles. The van der Waals surface area contributed by atoms with Gasteiger partial charge in [-0.05, 0) is 29.3 Å². The average molecular weight is 430 g/mol. The highest BCUT2D eigenvalue weighted by molar-refractivity contribution is 5.95. The topological polar surface area (TPSA) is 62.7 Å². The normalized spacial score (nSPS) is 18.2. The molecule has 0 spiro atoms. The first-order valence-electron chi connectivity index (χ1n) is 10.7. The van der Waals surface area contributed by atoms with Crippen LogP contribution < -0.4 is 0 Å². The minimum Gasteiger partial charge on any atom is -0.361 e. The molecule has 0 bridgehead atoms. The maximum atomic E-state index is 13.4. The van der Waals surface area contributed by atoms with Crippen LogP contribution in [-0.4, -0.2) is 66.0 Å². The first kappa shape index (κ1) is 21.7. The van der Waals surface area contributed by atoms with Crippen molar-refractivity contribution in [2.45, 2.75) is 12.0 Å². The monoisotopic (exact) mass is 429 g/mol. The molecular formula is C26H27N3O3. The smallest absolute Gasteiger partial charge is 0.256 e. The molecule has 32 heavy (non-hydrogen) atoms. The van der Waals surface area contributed by atoms with Crippen molar-refractivity contribution in [2.24, 2.45) is 0 Å². The molecule has 0 aliphatic carbocycles. The van der Waals surface area contributed by atoms with E-state index < -0.39 is 5.60 Å². The minimum atomic E-state index is -1.16. The maximum absolute atomic E-state index is 13.4. The fourth-order valence-corrected chi connectivity index (χ4v) is 4.23. The Balaban J connectivity index is 1.70. The predicted molar refractivity (Wildman–Crippen MR) is 123 cm³/mol. The van der Waals surface area contributed by atoms with Crippen molar-refractivity contribution in [3.05, 3.63) is 90.3 Å². The molecule has 6 heteroatoms. The zero-order valence-corrected chi connectivity index (χ0v) is 18.4. The first-order valence-corrected chi connectivity index (χ1v) is 10.7. The van der Waals surface area contributed by atoms with Gasteiger partial charge in [0.25, 0.3) is 11.8 Å². The lowest BCUT2D eigenvalue weighted by Crippen LogP contribution is -2.61. The number of benzene rings is 2. The fraction of sp³-hybridized carbons (Fsp3) is 0.269. The molecule has 0 saturated carbocycles. The first-order chi connectivity index (χ1) is 15.5. The van der Waals surface area contributed by atoms with E-state index >= 15 is 0 Å². The summed E-state index contributed by atoms with van der Waals surface area (Å²) < 4.78 is 6.20. The Morgan fingerprint density at radius 3 is 2.50 bits per heavy atom. The van der Waals surface area contributed by atoms with Gasteiger partial charge in [-0.15, -0.1) is 0 Å². The van der Waals surface area contributed by atoms with Gasteiger partial charge in [0.15, 0.2) is 5.60 Å². The van der Waals surface area contributed by atoms with Crippen LogP contribution in [0, 0.1) is 0 Å². The Hall–Kier alpha value is -3.51. The number of amides is 2. The third-order valence-electron chi connectivity index (χ3n) is 5.76. The van der Waals surface area contributed by atoms with E-state index in [-0.39, 0.29) is 18.4 Å². The molecule has 2 amide bonds. The fourth-order valence-electron chi connectivity index (χ4n) is 4.23. The van der Waals surface area contributed by atoms with Crippen LogP contribution in [0.4, 0.5) is 0 Å². The van der Waals surface area contributed by atoms with Crippen LogP contribution in [-0.2, 0) is 16.0 Å². The number of carbonyl (C=O) groups excluding carboxylic acids is 2. The van der Waals surface area contributed by atoms with E-state index in [0.717, 1.165) is 16.7 Å². The van der Waals surface area contributed by atoms with Crippen LogP contribution in [0.5, 0.6) is 0 Å². The van der Waals surface area contributed by atoms with Crippen LogP contribution in [0.3, 0.4) is 0 Å².